The first kappa shape index (κ1) is 35.1. The van der Waals surface area contributed by atoms with Gasteiger partial charge in [0.15, 0.2) is 6.23 Å². The third kappa shape index (κ3) is 8.43. The van der Waals surface area contributed by atoms with Crippen LogP contribution in [0, 0.1) is 0 Å². The van der Waals surface area contributed by atoms with E-state index in [-0.39, 0.29) is 6.23 Å². The van der Waals surface area contributed by atoms with Gasteiger partial charge in [-0.3, -0.25) is 9.25 Å². The molecule has 0 saturated carbocycles. The fourth-order valence-corrected chi connectivity index (χ4v) is 6.63. The number of benzene rings is 3. The van der Waals surface area contributed by atoms with E-state index in [1.165, 1.54) is 0 Å². The number of fused-ring (bicyclic) bond motifs is 1. The van der Waals surface area contributed by atoms with E-state index in [4.69, 9.17) is 26.2 Å². The predicted molar refractivity (Wildman–Crippen MR) is 199 cm³/mol. The molecule has 0 aliphatic carbocycles. The van der Waals surface area contributed by atoms with Crippen molar-refractivity contribution in [3.8, 4) is 16.8 Å². The number of aromatic nitrogens is 8. The minimum absolute atomic E-state index is 0.0898. The average Bonchev–Trinajstić information content (AvgIpc) is 3.92. The quantitative estimate of drug-likeness (QED) is 0.138. The van der Waals surface area contributed by atoms with Crippen molar-refractivity contribution in [2.75, 3.05) is 25.0 Å². The molecule has 3 aromatic heterocycles. The highest BCUT2D eigenvalue weighted by Gasteiger charge is 2.24. The van der Waals surface area contributed by atoms with Crippen LogP contribution in [0.1, 0.15) is 57.5 Å². The van der Waals surface area contributed by atoms with Crippen LogP contribution in [0.15, 0.2) is 85.7 Å². The van der Waals surface area contributed by atoms with Gasteiger partial charge in [-0.2, -0.15) is 5.10 Å². The fraction of sp³-hybridized carbons (Fsp3) is 0.368. The molecule has 6 aromatic rings. The normalized spacial score (nSPS) is 14.8. The number of nitrogens with one attached hydrogen (secondary N) is 1. The number of hydrogen-bond acceptors (Lipinski definition) is 9. The van der Waals surface area contributed by atoms with Gasteiger partial charge in [0.1, 0.15) is 18.3 Å². The number of ether oxygens (including phenoxy) is 2. The summed E-state index contributed by atoms with van der Waals surface area (Å²) in [5.74, 6) is 0. The second kappa shape index (κ2) is 15.5. The van der Waals surface area contributed by atoms with Crippen molar-refractivity contribution in [1.82, 2.24) is 44.4 Å². The summed E-state index contributed by atoms with van der Waals surface area (Å²) in [6.07, 6.45) is 10.3. The van der Waals surface area contributed by atoms with E-state index >= 15 is 0 Å². The molecule has 3 aromatic carbocycles. The van der Waals surface area contributed by atoms with Crippen LogP contribution in [0.4, 0.5) is 10.5 Å². The van der Waals surface area contributed by atoms with Gasteiger partial charge in [-0.15, -0.1) is 15.3 Å². The third-order valence-electron chi connectivity index (χ3n) is 8.87. The second-order valence-corrected chi connectivity index (χ2v) is 14.3. The Morgan fingerprint density at radius 2 is 1.90 bits per heavy atom. The fourth-order valence-electron chi connectivity index (χ4n) is 6.31. The van der Waals surface area contributed by atoms with Gasteiger partial charge >= 0.3 is 6.09 Å². The van der Waals surface area contributed by atoms with Crippen LogP contribution in [0.2, 0.25) is 5.02 Å². The van der Waals surface area contributed by atoms with Crippen molar-refractivity contribution in [2.45, 2.75) is 71.4 Å². The summed E-state index contributed by atoms with van der Waals surface area (Å²) in [5.41, 5.74) is 5.87. The zero-order chi connectivity index (χ0) is 36.1. The Morgan fingerprint density at radius 1 is 1.08 bits per heavy atom. The van der Waals surface area contributed by atoms with Crippen molar-refractivity contribution in [3.05, 3.63) is 102 Å². The molecule has 4 heterocycles. The topological polar surface area (TPSA) is 130 Å². The molecule has 52 heavy (non-hydrogen) atoms. The van der Waals surface area contributed by atoms with E-state index in [0.29, 0.717) is 37.6 Å². The van der Waals surface area contributed by atoms with Gasteiger partial charge < -0.3 is 19.7 Å². The van der Waals surface area contributed by atoms with E-state index in [1.54, 1.807) is 17.6 Å². The summed E-state index contributed by atoms with van der Waals surface area (Å²) >= 11 is 6.71. The molecule has 0 spiro atoms. The number of halogens is 1. The van der Waals surface area contributed by atoms with Crippen molar-refractivity contribution < 1.29 is 14.3 Å². The van der Waals surface area contributed by atoms with Crippen molar-refractivity contribution in [3.63, 3.8) is 0 Å². The largest absolute Gasteiger partial charge is 0.444 e. The zero-order valence-corrected chi connectivity index (χ0v) is 30.4. The molecule has 1 saturated heterocycles. The summed E-state index contributed by atoms with van der Waals surface area (Å²) in [6, 6.07) is 20.1. The van der Waals surface area contributed by atoms with E-state index < -0.39 is 11.7 Å². The van der Waals surface area contributed by atoms with Gasteiger partial charge in [0.2, 0.25) is 0 Å². The van der Waals surface area contributed by atoms with Crippen LogP contribution < -0.4 is 5.32 Å². The first-order valence-corrected chi connectivity index (χ1v) is 18.0. The zero-order valence-electron chi connectivity index (χ0n) is 29.7. The summed E-state index contributed by atoms with van der Waals surface area (Å²) in [4.78, 5) is 15.0. The molecule has 14 heteroatoms. The van der Waals surface area contributed by atoms with Crippen LogP contribution in [-0.2, 0) is 29.0 Å². The Hall–Kier alpha value is -5.27. The molecule has 1 aliphatic rings. The smallest absolute Gasteiger partial charge is 0.410 e. The minimum Gasteiger partial charge on any atom is -0.444 e. The average molecular weight is 723 g/mol. The van der Waals surface area contributed by atoms with Gasteiger partial charge in [0, 0.05) is 60.5 Å². The lowest BCUT2D eigenvalue weighted by Crippen LogP contribution is -2.37. The summed E-state index contributed by atoms with van der Waals surface area (Å²) in [7, 11) is 0. The maximum Gasteiger partial charge on any atom is 0.410 e. The lowest BCUT2D eigenvalue weighted by molar-refractivity contribution is -0.0366. The molecule has 0 bridgehead atoms. The molecule has 1 fully saturated rings. The maximum absolute atomic E-state index is 13.3. The summed E-state index contributed by atoms with van der Waals surface area (Å²) < 4.78 is 17.5. The minimum atomic E-state index is -0.636. The SMILES string of the molecule is CC(C)(C)OC(=O)N(CCc1cn(CCNc2cc(-n3cnnc3)cc3c2cnn3C2CCCCO2)nn1)Cc1ccc(-c2ccccc2)c(Cl)c1. The van der Waals surface area contributed by atoms with Gasteiger partial charge in [0.05, 0.1) is 29.6 Å². The Labute approximate surface area is 307 Å². The molecule has 0 radical (unpaired) electrons. The van der Waals surface area contributed by atoms with Crippen LogP contribution >= 0.6 is 11.6 Å². The molecule has 1 aliphatic heterocycles. The highest BCUT2D eigenvalue weighted by molar-refractivity contribution is 6.33. The predicted octanol–water partition coefficient (Wildman–Crippen LogP) is 7.32. The summed E-state index contributed by atoms with van der Waals surface area (Å²) in [5, 5.41) is 26.7. The molecule has 270 valence electrons. The van der Waals surface area contributed by atoms with Crippen LogP contribution in [0.5, 0.6) is 0 Å². The van der Waals surface area contributed by atoms with Crippen molar-refractivity contribution in [2.24, 2.45) is 0 Å². The van der Waals surface area contributed by atoms with Gasteiger partial charge in [-0.25, -0.2) is 9.48 Å². The van der Waals surface area contributed by atoms with E-state index in [0.717, 1.165) is 70.5 Å². The summed E-state index contributed by atoms with van der Waals surface area (Å²) in [6.45, 7) is 8.23. The van der Waals surface area contributed by atoms with Crippen LogP contribution in [0.25, 0.3) is 27.7 Å². The number of anilines is 1. The number of hydrogen-bond donors (Lipinski definition) is 1. The first-order chi connectivity index (χ1) is 25.2. The number of nitrogens with zero attached hydrogens (tertiary/aromatic N) is 9. The van der Waals surface area contributed by atoms with Gasteiger partial charge in [0.25, 0.3) is 0 Å². The number of amides is 1. The number of rotatable bonds is 12. The van der Waals surface area contributed by atoms with E-state index in [9.17, 15) is 4.79 Å². The number of carbonyl (C=O) groups is 1. The molecule has 1 atom stereocenters. The van der Waals surface area contributed by atoms with E-state index in [2.05, 4.69) is 38.0 Å². The molecule has 7 rings (SSSR count). The molecule has 1 amide bonds. The standard InChI is InChI=1S/C38H43ClN10O3/c1-38(2,3)52-37(50)46(23-27-12-13-31(33(39)19-27)28-9-5-4-6-10-28)16-14-29-24-48(45-44-29)17-15-40-34-20-30(47-25-41-42-26-47)21-35-32(34)22-43-49(35)36-11-7-8-18-51-36/h4-6,9-10,12-13,19-22,24-26,36,40H,7-8,11,14-18,23H2,1-3H3. The van der Waals surface area contributed by atoms with Crippen molar-refractivity contribution >= 4 is 34.3 Å². The van der Waals surface area contributed by atoms with Crippen molar-refractivity contribution in [1.29, 1.82) is 0 Å². The van der Waals surface area contributed by atoms with Crippen LogP contribution in [-0.4, -0.2) is 75.8 Å². The van der Waals surface area contributed by atoms with Gasteiger partial charge in [-0.1, -0.05) is 59.3 Å². The molecule has 1 N–H and O–H groups in total. The molecule has 13 nitrogen and oxygen atoms in total. The molecular weight excluding hydrogens is 680 g/mol. The van der Waals surface area contributed by atoms with Gasteiger partial charge in [-0.05, 0) is 69.4 Å². The highest BCUT2D eigenvalue weighted by atomic mass is 35.5. The Bertz CT molecular complexity index is 2100. The Morgan fingerprint density at radius 3 is 2.65 bits per heavy atom. The molecule has 1 unspecified atom stereocenters. The highest BCUT2D eigenvalue weighted by Crippen LogP contribution is 2.32. The number of carbonyl (C=O) groups excluding carboxylic acids is 1. The van der Waals surface area contributed by atoms with Crippen LogP contribution in [0.3, 0.4) is 0 Å². The lowest BCUT2D eigenvalue weighted by Gasteiger charge is -2.27. The molecular formula is C38H43ClN10O3. The van der Waals surface area contributed by atoms with E-state index in [1.807, 2.05) is 95.6 Å². The Balaban J connectivity index is 1.01. The lowest BCUT2D eigenvalue weighted by atomic mass is 10.0. The monoisotopic (exact) mass is 722 g/mol. The second-order valence-electron chi connectivity index (χ2n) is 13.9. The Kier molecular flexibility index (Phi) is 10.5. The maximum atomic E-state index is 13.3. The third-order valence-corrected chi connectivity index (χ3v) is 9.18. The first-order valence-electron chi connectivity index (χ1n) is 17.6.